The molecule has 62 heavy (non-hydrogen) atoms. The number of carbonyl (C=O) groups is 2. The van der Waals surface area contributed by atoms with Crippen LogP contribution in [0.4, 0.5) is 0 Å². The van der Waals surface area contributed by atoms with E-state index in [4.69, 9.17) is 18.5 Å². The van der Waals surface area contributed by atoms with Crippen molar-refractivity contribution in [2.24, 2.45) is 0 Å². The summed E-state index contributed by atoms with van der Waals surface area (Å²) < 4.78 is 33.9. The van der Waals surface area contributed by atoms with E-state index in [1.807, 2.05) is 27.2 Å². The maximum atomic E-state index is 12.7. The molecule has 0 radical (unpaired) electrons. The van der Waals surface area contributed by atoms with E-state index in [1.54, 1.807) is 0 Å². The van der Waals surface area contributed by atoms with Gasteiger partial charge in [-0.05, 0) is 83.5 Å². The molecule has 0 N–H and O–H groups in total. The van der Waals surface area contributed by atoms with Crippen molar-refractivity contribution in [2.75, 3.05) is 47.5 Å². The van der Waals surface area contributed by atoms with E-state index < -0.39 is 32.5 Å². The van der Waals surface area contributed by atoms with Gasteiger partial charge in [0, 0.05) is 12.8 Å². The third kappa shape index (κ3) is 46.9. The predicted molar refractivity (Wildman–Crippen MR) is 259 cm³/mol. The van der Waals surface area contributed by atoms with Crippen molar-refractivity contribution >= 4 is 19.8 Å². The van der Waals surface area contributed by atoms with Gasteiger partial charge in [-0.3, -0.25) is 14.2 Å². The topological polar surface area (TPSA) is 111 Å². The molecule has 0 saturated heterocycles. The van der Waals surface area contributed by atoms with Crippen LogP contribution in [0.25, 0.3) is 0 Å². The molecule has 0 rings (SSSR count). The smallest absolute Gasteiger partial charge is 0.306 e. The largest absolute Gasteiger partial charge is 0.756 e. The lowest BCUT2D eigenvalue weighted by atomic mass is 10.1. The van der Waals surface area contributed by atoms with Gasteiger partial charge < -0.3 is 27.9 Å². The Morgan fingerprint density at radius 3 is 1.37 bits per heavy atom. The molecule has 0 aliphatic carbocycles. The van der Waals surface area contributed by atoms with E-state index in [0.717, 1.165) is 51.4 Å². The molecule has 0 saturated carbocycles. The lowest BCUT2D eigenvalue weighted by Gasteiger charge is -2.28. The summed E-state index contributed by atoms with van der Waals surface area (Å²) >= 11 is 0. The van der Waals surface area contributed by atoms with Crippen molar-refractivity contribution in [3.63, 3.8) is 0 Å². The number of phosphoric ester groups is 1. The summed E-state index contributed by atoms with van der Waals surface area (Å²) in [5, 5.41) is 0. The molecule has 358 valence electrons. The molecule has 2 atom stereocenters. The summed E-state index contributed by atoms with van der Waals surface area (Å²) in [4.78, 5) is 37.6. The van der Waals surface area contributed by atoms with Crippen molar-refractivity contribution in [2.45, 2.75) is 200 Å². The molecule has 0 fully saturated rings. The Labute approximate surface area is 380 Å². The highest BCUT2D eigenvalue weighted by atomic mass is 31.2. The Kier molecular flexibility index (Phi) is 41.9. The van der Waals surface area contributed by atoms with E-state index in [-0.39, 0.29) is 26.1 Å². The van der Waals surface area contributed by atoms with Crippen molar-refractivity contribution in [3.05, 3.63) is 72.9 Å². The molecule has 0 aromatic heterocycles. The molecule has 9 nitrogen and oxygen atoms in total. The number of hydrogen-bond donors (Lipinski definition) is 0. The maximum absolute atomic E-state index is 12.7. The molecule has 0 heterocycles. The Hall–Kier alpha value is -2.55. The Morgan fingerprint density at radius 2 is 0.887 bits per heavy atom. The van der Waals surface area contributed by atoms with Crippen LogP contribution >= 0.6 is 7.82 Å². The maximum Gasteiger partial charge on any atom is 0.306 e. The number of allylic oxidation sites excluding steroid dienone is 12. The van der Waals surface area contributed by atoms with Gasteiger partial charge in [0.05, 0.1) is 27.7 Å². The number of phosphoric acid groups is 1. The molecule has 0 spiro atoms. The summed E-state index contributed by atoms with van der Waals surface area (Å²) in [7, 11) is 1.12. The van der Waals surface area contributed by atoms with Gasteiger partial charge in [0.15, 0.2) is 6.10 Å². The lowest BCUT2D eigenvalue weighted by Crippen LogP contribution is -2.37. The molecule has 1 unspecified atom stereocenters. The van der Waals surface area contributed by atoms with Gasteiger partial charge in [-0.25, -0.2) is 0 Å². The van der Waals surface area contributed by atoms with Crippen LogP contribution in [0.3, 0.4) is 0 Å². The molecule has 0 aromatic rings. The van der Waals surface area contributed by atoms with Gasteiger partial charge in [0.25, 0.3) is 7.82 Å². The van der Waals surface area contributed by atoms with E-state index in [2.05, 4.69) is 80.7 Å². The third-order valence-electron chi connectivity index (χ3n) is 10.2. The van der Waals surface area contributed by atoms with Crippen LogP contribution in [-0.2, 0) is 32.7 Å². The van der Waals surface area contributed by atoms with Crippen LogP contribution < -0.4 is 4.89 Å². The van der Waals surface area contributed by atoms with Crippen LogP contribution in [0.1, 0.15) is 194 Å². The first-order valence-corrected chi connectivity index (χ1v) is 26.1. The van der Waals surface area contributed by atoms with Crippen LogP contribution in [0.2, 0.25) is 0 Å². The van der Waals surface area contributed by atoms with Crippen LogP contribution in [-0.4, -0.2) is 70.0 Å². The highest BCUT2D eigenvalue weighted by Crippen LogP contribution is 2.38. The first-order valence-electron chi connectivity index (χ1n) is 24.6. The van der Waals surface area contributed by atoms with Crippen LogP contribution in [0, 0.1) is 0 Å². The molecular weight excluding hydrogens is 798 g/mol. The summed E-state index contributed by atoms with van der Waals surface area (Å²) in [6.45, 7) is 4.12. The van der Waals surface area contributed by atoms with Crippen LogP contribution in [0.5, 0.6) is 0 Å². The molecule has 0 bridgehead atoms. The average Bonchev–Trinajstić information content (AvgIpc) is 3.23. The predicted octanol–water partition coefficient (Wildman–Crippen LogP) is 13.9. The second-order valence-electron chi connectivity index (χ2n) is 17.5. The van der Waals surface area contributed by atoms with Gasteiger partial charge in [-0.15, -0.1) is 0 Å². The summed E-state index contributed by atoms with van der Waals surface area (Å²) in [6.07, 6.45) is 55.1. The fraction of sp³-hybridized carbons (Fsp3) is 0.731. The zero-order valence-corrected chi connectivity index (χ0v) is 41.2. The number of ether oxygens (including phenoxy) is 2. The fourth-order valence-electron chi connectivity index (χ4n) is 6.32. The molecule has 0 aliphatic heterocycles. The number of nitrogens with zero attached hydrogens (tertiary/aromatic N) is 1. The molecule has 0 amide bonds. The van der Waals surface area contributed by atoms with E-state index in [0.29, 0.717) is 30.3 Å². The molecular formula is C52H92NO8P. The highest BCUT2D eigenvalue weighted by molar-refractivity contribution is 7.45. The minimum Gasteiger partial charge on any atom is -0.756 e. The normalized spacial score (nSPS) is 14.1. The quantitative estimate of drug-likeness (QED) is 0.0195. The van der Waals surface area contributed by atoms with Gasteiger partial charge in [-0.2, -0.15) is 0 Å². The zero-order chi connectivity index (χ0) is 45.7. The first-order chi connectivity index (χ1) is 30.0. The standard InChI is InChI=1S/C52H92NO8P/c1-6-8-10-12-14-16-18-20-22-24-25-26-27-29-31-33-35-37-39-41-43-45-52(55)61-50(49-60-62(56,57)59-47-46-53(3,4)5)48-58-51(54)44-42-40-38-36-34-32-30-28-23-21-19-17-15-13-11-9-7-2/h15,17,21-24,26-27,31,33,37,39,50H,6-14,16,18-20,25,28-30,32,34-36,38,40-49H2,1-5H3/b17-15+,23-21+,24-22+,27-26+,33-31+,39-37+/t50-/m1/s1. The van der Waals surface area contributed by atoms with Crippen LogP contribution in [0.15, 0.2) is 72.9 Å². The fourth-order valence-corrected chi connectivity index (χ4v) is 7.05. The number of rotatable bonds is 44. The minimum absolute atomic E-state index is 0.0456. The molecule has 10 heteroatoms. The summed E-state index contributed by atoms with van der Waals surface area (Å²) in [6, 6.07) is 0. The number of likely N-dealkylation sites (N-methyl/N-ethyl adjacent to an activating group) is 1. The minimum atomic E-state index is -4.65. The Bertz CT molecular complexity index is 1280. The van der Waals surface area contributed by atoms with Gasteiger partial charge >= 0.3 is 11.9 Å². The molecule has 0 aliphatic rings. The number of quaternary nitrogens is 1. The SMILES string of the molecule is CCCCC/C=C/C/C=C/CCCCCCCCCC(=O)OC[C@H](COP(=O)([O-])OCC[N+](C)(C)C)OC(=O)CCC/C=C/C/C=C/C/C=C/C/C=C/CCCCCCCCC. The van der Waals surface area contributed by atoms with E-state index >= 15 is 0 Å². The molecule has 0 aromatic carbocycles. The first kappa shape index (κ1) is 59.5. The van der Waals surface area contributed by atoms with Crippen molar-refractivity contribution in [1.82, 2.24) is 0 Å². The second kappa shape index (κ2) is 43.7. The summed E-state index contributed by atoms with van der Waals surface area (Å²) in [5.74, 6) is -0.912. The monoisotopic (exact) mass is 890 g/mol. The van der Waals surface area contributed by atoms with Gasteiger partial charge in [0.2, 0.25) is 0 Å². The van der Waals surface area contributed by atoms with E-state index in [9.17, 15) is 19.0 Å². The number of esters is 2. The number of hydrogen-bond acceptors (Lipinski definition) is 8. The van der Waals surface area contributed by atoms with Gasteiger partial charge in [-0.1, -0.05) is 170 Å². The van der Waals surface area contributed by atoms with Crippen molar-refractivity contribution < 1.29 is 42.1 Å². The highest BCUT2D eigenvalue weighted by Gasteiger charge is 2.21. The van der Waals surface area contributed by atoms with E-state index in [1.165, 1.54) is 96.3 Å². The average molecular weight is 890 g/mol. The Balaban J connectivity index is 4.42. The second-order valence-corrected chi connectivity index (χ2v) is 18.9. The van der Waals surface area contributed by atoms with Crippen molar-refractivity contribution in [1.29, 1.82) is 0 Å². The third-order valence-corrected chi connectivity index (χ3v) is 11.2. The zero-order valence-electron chi connectivity index (χ0n) is 40.3. The Morgan fingerprint density at radius 1 is 0.500 bits per heavy atom. The number of unbranched alkanes of at least 4 members (excludes halogenated alkanes) is 18. The lowest BCUT2D eigenvalue weighted by molar-refractivity contribution is -0.870. The van der Waals surface area contributed by atoms with Gasteiger partial charge in [0.1, 0.15) is 19.8 Å². The van der Waals surface area contributed by atoms with Crippen molar-refractivity contribution in [3.8, 4) is 0 Å². The summed E-state index contributed by atoms with van der Waals surface area (Å²) in [5.41, 5.74) is 0. The number of carbonyl (C=O) groups excluding carboxylic acids is 2.